The maximum absolute atomic E-state index is 12.9. The molecule has 0 aromatic heterocycles. The first-order valence-corrected chi connectivity index (χ1v) is 10.0. The average Bonchev–Trinajstić information content (AvgIpc) is 3.33. The molecule has 7 heteroatoms. The summed E-state index contributed by atoms with van der Waals surface area (Å²) < 4.78 is 11.6. The normalized spacial score (nSPS) is 18.9. The van der Waals surface area contributed by atoms with Crippen LogP contribution in [-0.4, -0.2) is 40.2 Å². The minimum atomic E-state index is -1.12. The number of carbonyl (C=O) groups is 3. The SMILES string of the molecule is CC(Oc1cccc(C(CC(=O)O)N2C(=O)c3ccccc3C2=O)c1)OC1C#CCC1. The van der Waals surface area contributed by atoms with Crippen molar-refractivity contribution < 1.29 is 29.0 Å². The Kier molecular flexibility index (Phi) is 5.74. The molecular weight excluding hydrogens is 398 g/mol. The van der Waals surface area contributed by atoms with Gasteiger partial charge in [-0.05, 0) is 43.2 Å². The predicted octanol–water partition coefficient (Wildman–Crippen LogP) is 3.41. The first kappa shape index (κ1) is 20.6. The van der Waals surface area contributed by atoms with Crippen molar-refractivity contribution in [2.75, 3.05) is 0 Å². The van der Waals surface area contributed by atoms with E-state index in [2.05, 4.69) is 11.8 Å². The molecule has 2 amide bonds. The van der Waals surface area contributed by atoms with Crippen molar-refractivity contribution in [3.8, 4) is 17.6 Å². The van der Waals surface area contributed by atoms with Gasteiger partial charge in [-0.1, -0.05) is 30.2 Å². The fourth-order valence-electron chi connectivity index (χ4n) is 3.82. The number of carboxylic acids is 1. The fraction of sp³-hybridized carbons (Fsp3) is 0.292. The van der Waals surface area contributed by atoms with Gasteiger partial charge in [0.1, 0.15) is 11.9 Å². The third-order valence-corrected chi connectivity index (χ3v) is 5.20. The predicted molar refractivity (Wildman–Crippen MR) is 110 cm³/mol. The van der Waals surface area contributed by atoms with E-state index in [1.165, 1.54) is 0 Å². The zero-order chi connectivity index (χ0) is 22.0. The second-order valence-corrected chi connectivity index (χ2v) is 7.38. The topological polar surface area (TPSA) is 93.1 Å². The molecule has 31 heavy (non-hydrogen) atoms. The van der Waals surface area contributed by atoms with Crippen LogP contribution in [0.2, 0.25) is 0 Å². The number of carbonyl (C=O) groups excluding carboxylic acids is 2. The molecule has 0 bridgehead atoms. The second-order valence-electron chi connectivity index (χ2n) is 7.38. The number of fused-ring (bicyclic) bond motifs is 1. The van der Waals surface area contributed by atoms with Gasteiger partial charge in [0.15, 0.2) is 6.29 Å². The Balaban J connectivity index is 1.58. The molecule has 2 aromatic carbocycles. The summed E-state index contributed by atoms with van der Waals surface area (Å²) in [7, 11) is 0. The van der Waals surface area contributed by atoms with E-state index in [1.807, 2.05) is 0 Å². The monoisotopic (exact) mass is 419 g/mol. The maximum Gasteiger partial charge on any atom is 0.305 e. The maximum atomic E-state index is 12.9. The molecule has 158 valence electrons. The smallest absolute Gasteiger partial charge is 0.305 e. The lowest BCUT2D eigenvalue weighted by atomic mass is 10.0. The number of amides is 2. The zero-order valence-electron chi connectivity index (χ0n) is 16.9. The summed E-state index contributed by atoms with van der Waals surface area (Å²) in [6.07, 6.45) is 0.442. The highest BCUT2D eigenvalue weighted by molar-refractivity contribution is 6.21. The quantitative estimate of drug-likeness (QED) is 0.400. The van der Waals surface area contributed by atoms with E-state index in [1.54, 1.807) is 55.5 Å². The molecule has 1 heterocycles. The standard InChI is InChI=1S/C24H21NO6/c1-15(30-17-8-2-3-9-17)31-18-10-6-7-16(13-18)21(14-22(26)27)25-23(28)19-11-4-5-12-20(19)24(25)29/h4-7,10-13,15,17,21H,2,8,14H2,1H3,(H,26,27). The van der Waals surface area contributed by atoms with Crippen LogP contribution >= 0.6 is 0 Å². The molecule has 0 fully saturated rings. The molecule has 0 spiro atoms. The number of ether oxygens (including phenoxy) is 2. The number of carboxylic acid groups (broad SMARTS) is 1. The highest BCUT2D eigenvalue weighted by Gasteiger charge is 2.41. The van der Waals surface area contributed by atoms with E-state index in [4.69, 9.17) is 9.47 Å². The number of hydrogen-bond acceptors (Lipinski definition) is 5. The van der Waals surface area contributed by atoms with Gasteiger partial charge < -0.3 is 14.6 Å². The van der Waals surface area contributed by atoms with Crippen LogP contribution in [0.3, 0.4) is 0 Å². The summed E-state index contributed by atoms with van der Waals surface area (Å²) in [6.45, 7) is 1.76. The Morgan fingerprint density at radius 1 is 1.16 bits per heavy atom. The molecule has 1 N–H and O–H groups in total. The number of aliphatic carboxylic acids is 1. The van der Waals surface area contributed by atoms with Gasteiger partial charge >= 0.3 is 5.97 Å². The van der Waals surface area contributed by atoms with E-state index in [0.29, 0.717) is 11.3 Å². The summed E-state index contributed by atoms with van der Waals surface area (Å²) in [5, 5.41) is 9.46. The molecule has 2 aromatic rings. The molecule has 0 radical (unpaired) electrons. The van der Waals surface area contributed by atoms with Gasteiger partial charge in [-0.2, -0.15) is 0 Å². The molecular formula is C24H21NO6. The highest BCUT2D eigenvalue weighted by atomic mass is 16.7. The Labute approximate surface area is 179 Å². The van der Waals surface area contributed by atoms with Gasteiger partial charge in [0.2, 0.25) is 0 Å². The van der Waals surface area contributed by atoms with Gasteiger partial charge in [0, 0.05) is 6.42 Å². The van der Waals surface area contributed by atoms with Gasteiger partial charge in [0.05, 0.1) is 23.6 Å². The molecule has 0 saturated carbocycles. The molecule has 1 aliphatic heterocycles. The van der Waals surface area contributed by atoms with E-state index in [-0.39, 0.29) is 17.2 Å². The minimum absolute atomic E-state index is 0.170. The first-order chi connectivity index (χ1) is 14.9. The van der Waals surface area contributed by atoms with Crippen molar-refractivity contribution in [2.45, 2.75) is 44.6 Å². The molecule has 7 nitrogen and oxygen atoms in total. The first-order valence-electron chi connectivity index (χ1n) is 10.0. The second kappa shape index (κ2) is 8.62. The van der Waals surface area contributed by atoms with Crippen molar-refractivity contribution in [1.29, 1.82) is 0 Å². The van der Waals surface area contributed by atoms with E-state index in [9.17, 15) is 19.5 Å². The van der Waals surface area contributed by atoms with Crippen molar-refractivity contribution in [3.05, 3.63) is 65.2 Å². The lowest BCUT2D eigenvalue weighted by Gasteiger charge is -2.26. The van der Waals surface area contributed by atoms with Crippen LogP contribution in [-0.2, 0) is 9.53 Å². The molecule has 1 aliphatic carbocycles. The lowest BCUT2D eigenvalue weighted by Crippen LogP contribution is -2.35. The van der Waals surface area contributed by atoms with Crippen molar-refractivity contribution in [1.82, 2.24) is 4.90 Å². The Morgan fingerprint density at radius 3 is 2.48 bits per heavy atom. The molecule has 3 atom stereocenters. The summed E-state index contributed by atoms with van der Waals surface area (Å²) in [4.78, 5) is 38.4. The lowest BCUT2D eigenvalue weighted by molar-refractivity contribution is -0.138. The van der Waals surface area contributed by atoms with E-state index >= 15 is 0 Å². The Morgan fingerprint density at radius 2 is 1.87 bits per heavy atom. The van der Waals surface area contributed by atoms with Gasteiger partial charge in [0.25, 0.3) is 11.8 Å². The number of nitrogens with zero attached hydrogens (tertiary/aromatic N) is 1. The van der Waals surface area contributed by atoms with Crippen LogP contribution in [0.4, 0.5) is 0 Å². The van der Waals surface area contributed by atoms with Crippen molar-refractivity contribution in [3.63, 3.8) is 0 Å². The van der Waals surface area contributed by atoms with Crippen LogP contribution < -0.4 is 4.74 Å². The van der Waals surface area contributed by atoms with Crippen LogP contribution in [0.15, 0.2) is 48.5 Å². The third kappa shape index (κ3) is 4.30. The highest BCUT2D eigenvalue weighted by Crippen LogP contribution is 2.34. The molecule has 3 unspecified atom stereocenters. The van der Waals surface area contributed by atoms with Crippen molar-refractivity contribution >= 4 is 17.8 Å². The number of benzene rings is 2. The molecule has 2 aliphatic rings. The minimum Gasteiger partial charge on any atom is -0.481 e. The Bertz CT molecular complexity index is 1060. The molecule has 0 saturated heterocycles. The van der Waals surface area contributed by atoms with Crippen molar-refractivity contribution in [2.24, 2.45) is 0 Å². The number of hydrogen-bond donors (Lipinski definition) is 1. The zero-order valence-corrected chi connectivity index (χ0v) is 16.9. The fourth-order valence-corrected chi connectivity index (χ4v) is 3.82. The van der Waals surface area contributed by atoms with Crippen LogP contribution in [0, 0.1) is 11.8 Å². The summed E-state index contributed by atoms with van der Waals surface area (Å²) in [5.41, 5.74) is 1.03. The average molecular weight is 419 g/mol. The summed E-state index contributed by atoms with van der Waals surface area (Å²) in [5.74, 6) is 4.27. The van der Waals surface area contributed by atoms with Crippen LogP contribution in [0.25, 0.3) is 0 Å². The summed E-state index contributed by atoms with van der Waals surface area (Å²) >= 11 is 0. The number of imide groups is 1. The number of rotatable bonds is 8. The van der Waals surface area contributed by atoms with Gasteiger partial charge in [-0.25, -0.2) is 0 Å². The molecule has 4 rings (SSSR count). The van der Waals surface area contributed by atoms with Gasteiger partial charge in [-0.15, -0.1) is 5.92 Å². The van der Waals surface area contributed by atoms with Gasteiger partial charge in [-0.3, -0.25) is 19.3 Å². The largest absolute Gasteiger partial charge is 0.481 e. The van der Waals surface area contributed by atoms with Crippen LogP contribution in [0.1, 0.15) is 58.5 Å². The van der Waals surface area contributed by atoms with Crippen LogP contribution in [0.5, 0.6) is 5.75 Å². The summed E-state index contributed by atoms with van der Waals surface area (Å²) in [6, 6.07) is 12.2. The Hall–Kier alpha value is -3.63. The van der Waals surface area contributed by atoms with E-state index in [0.717, 1.165) is 17.7 Å². The third-order valence-electron chi connectivity index (χ3n) is 5.20. The van der Waals surface area contributed by atoms with E-state index < -0.39 is 36.5 Å².